The second-order valence-electron chi connectivity index (χ2n) is 4.35. The lowest BCUT2D eigenvalue weighted by Gasteiger charge is -2.36. The zero-order valence-electron chi connectivity index (χ0n) is 10.1. The van der Waals surface area contributed by atoms with Crippen molar-refractivity contribution in [1.29, 1.82) is 0 Å². The Morgan fingerprint density at radius 3 is 2.38 bits per heavy atom. The first-order chi connectivity index (χ1) is 7.31. The van der Waals surface area contributed by atoms with Crippen LogP contribution in [0.2, 0.25) is 0 Å². The maximum absolute atomic E-state index is 3.31. The molecular weight excluding hydrogens is 220 g/mol. The van der Waals surface area contributed by atoms with Crippen LogP contribution in [0, 0.1) is 0 Å². The lowest BCUT2D eigenvalue weighted by Crippen LogP contribution is -2.55. The van der Waals surface area contributed by atoms with E-state index in [1.54, 1.807) is 0 Å². The van der Waals surface area contributed by atoms with Gasteiger partial charge in [-0.15, -0.1) is 12.4 Å². The number of rotatable bonds is 4. The highest BCUT2D eigenvalue weighted by atomic mass is 35.5. The maximum Gasteiger partial charge on any atom is 0.0345 e. The molecule has 0 atom stereocenters. The average Bonchev–Trinajstić information content (AvgIpc) is 2.15. The van der Waals surface area contributed by atoms with Crippen LogP contribution in [-0.2, 0) is 13.0 Å². The number of hydrogen-bond acceptors (Lipinski definition) is 2. The van der Waals surface area contributed by atoms with Gasteiger partial charge in [-0.25, -0.2) is 0 Å². The first-order valence-electron chi connectivity index (χ1n) is 5.79. The summed E-state index contributed by atoms with van der Waals surface area (Å²) in [5, 5.41) is 3.31. The van der Waals surface area contributed by atoms with E-state index in [4.69, 9.17) is 0 Å². The summed E-state index contributed by atoms with van der Waals surface area (Å²) in [5.41, 5.74) is 2.96. The molecule has 0 saturated carbocycles. The SMILES string of the molecule is CCc1ccccc1CN(C)C1CNC1.Cl. The van der Waals surface area contributed by atoms with Crippen LogP contribution in [0.5, 0.6) is 0 Å². The van der Waals surface area contributed by atoms with Gasteiger partial charge in [0, 0.05) is 25.7 Å². The summed E-state index contributed by atoms with van der Waals surface area (Å²) in [5.74, 6) is 0. The van der Waals surface area contributed by atoms with Crippen molar-refractivity contribution >= 4 is 12.4 Å². The van der Waals surface area contributed by atoms with E-state index in [9.17, 15) is 0 Å². The van der Waals surface area contributed by atoms with Crippen LogP contribution in [0.3, 0.4) is 0 Å². The summed E-state index contributed by atoms with van der Waals surface area (Å²) in [7, 11) is 2.22. The molecule has 1 saturated heterocycles. The molecule has 1 aliphatic rings. The van der Waals surface area contributed by atoms with Gasteiger partial charge in [0.2, 0.25) is 0 Å². The van der Waals surface area contributed by atoms with Gasteiger partial charge in [0.1, 0.15) is 0 Å². The van der Waals surface area contributed by atoms with Crippen LogP contribution in [0.15, 0.2) is 24.3 Å². The molecule has 1 N–H and O–H groups in total. The van der Waals surface area contributed by atoms with Crippen LogP contribution < -0.4 is 5.32 Å². The smallest absolute Gasteiger partial charge is 0.0345 e. The average molecular weight is 241 g/mol. The molecule has 0 aliphatic carbocycles. The topological polar surface area (TPSA) is 15.3 Å². The second-order valence-corrected chi connectivity index (χ2v) is 4.35. The lowest BCUT2D eigenvalue weighted by atomic mass is 10.0. The van der Waals surface area contributed by atoms with E-state index in [1.807, 2.05) is 0 Å². The predicted octanol–water partition coefficient (Wildman–Crippen LogP) is 2.07. The summed E-state index contributed by atoms with van der Waals surface area (Å²) in [6.07, 6.45) is 1.13. The number of halogens is 1. The van der Waals surface area contributed by atoms with Gasteiger partial charge in [-0.1, -0.05) is 31.2 Å². The van der Waals surface area contributed by atoms with Crippen molar-refractivity contribution in [1.82, 2.24) is 10.2 Å². The third-order valence-electron chi connectivity index (χ3n) is 3.30. The first kappa shape index (κ1) is 13.5. The molecular formula is C13H21ClN2. The molecule has 0 spiro atoms. The molecule has 0 radical (unpaired) electrons. The minimum absolute atomic E-state index is 0. The Bertz CT molecular complexity index is 323. The number of benzene rings is 1. The Morgan fingerprint density at radius 2 is 1.88 bits per heavy atom. The Labute approximate surface area is 104 Å². The van der Waals surface area contributed by atoms with Crippen molar-refractivity contribution in [3.05, 3.63) is 35.4 Å². The predicted molar refractivity (Wildman–Crippen MR) is 71.2 cm³/mol. The van der Waals surface area contributed by atoms with Crippen molar-refractivity contribution in [2.75, 3.05) is 20.1 Å². The fraction of sp³-hybridized carbons (Fsp3) is 0.538. The number of hydrogen-bond donors (Lipinski definition) is 1. The van der Waals surface area contributed by atoms with Crippen molar-refractivity contribution in [2.45, 2.75) is 25.9 Å². The Hall–Kier alpha value is -0.570. The molecule has 1 aromatic carbocycles. The van der Waals surface area contributed by atoms with Crippen LogP contribution in [0.4, 0.5) is 0 Å². The molecule has 1 heterocycles. The molecule has 3 heteroatoms. The highest BCUT2D eigenvalue weighted by Gasteiger charge is 2.21. The third-order valence-corrected chi connectivity index (χ3v) is 3.30. The first-order valence-corrected chi connectivity index (χ1v) is 5.79. The molecule has 0 unspecified atom stereocenters. The van der Waals surface area contributed by atoms with E-state index in [0.717, 1.165) is 32.1 Å². The van der Waals surface area contributed by atoms with Crippen molar-refractivity contribution in [2.24, 2.45) is 0 Å². The number of nitrogens with zero attached hydrogens (tertiary/aromatic N) is 1. The zero-order chi connectivity index (χ0) is 10.7. The van der Waals surface area contributed by atoms with Gasteiger partial charge in [-0.05, 0) is 24.6 Å². The largest absolute Gasteiger partial charge is 0.314 e. The van der Waals surface area contributed by atoms with E-state index in [2.05, 4.69) is 48.5 Å². The molecule has 90 valence electrons. The van der Waals surface area contributed by atoms with Gasteiger partial charge in [-0.3, -0.25) is 4.90 Å². The fourth-order valence-corrected chi connectivity index (χ4v) is 2.04. The Kier molecular flexibility index (Phi) is 5.26. The summed E-state index contributed by atoms with van der Waals surface area (Å²) < 4.78 is 0. The van der Waals surface area contributed by atoms with Crippen LogP contribution in [-0.4, -0.2) is 31.1 Å². The van der Waals surface area contributed by atoms with Crippen LogP contribution in [0.25, 0.3) is 0 Å². The molecule has 0 amide bonds. The molecule has 0 aromatic heterocycles. The van der Waals surface area contributed by atoms with E-state index in [0.29, 0.717) is 0 Å². The summed E-state index contributed by atoms with van der Waals surface area (Å²) in [6.45, 7) is 5.59. The number of aryl methyl sites for hydroxylation is 1. The third kappa shape index (κ3) is 2.97. The normalized spacial score (nSPS) is 15.7. The van der Waals surface area contributed by atoms with Gasteiger partial charge in [0.05, 0.1) is 0 Å². The quantitative estimate of drug-likeness (QED) is 0.867. The minimum atomic E-state index is 0. The lowest BCUT2D eigenvalue weighted by molar-refractivity contribution is 0.173. The minimum Gasteiger partial charge on any atom is -0.314 e. The maximum atomic E-state index is 3.31. The summed E-state index contributed by atoms with van der Waals surface area (Å²) >= 11 is 0. The van der Waals surface area contributed by atoms with Gasteiger partial charge in [0.25, 0.3) is 0 Å². The van der Waals surface area contributed by atoms with Crippen LogP contribution >= 0.6 is 12.4 Å². The molecule has 1 aromatic rings. The standard InChI is InChI=1S/C13H20N2.ClH/c1-3-11-6-4-5-7-12(11)10-15(2)13-8-14-9-13;/h4-7,13-14H,3,8-10H2,1-2H3;1H. The van der Waals surface area contributed by atoms with Gasteiger partial charge < -0.3 is 5.32 Å². The van der Waals surface area contributed by atoms with Gasteiger partial charge >= 0.3 is 0 Å². The van der Waals surface area contributed by atoms with Gasteiger partial charge in [-0.2, -0.15) is 0 Å². The van der Waals surface area contributed by atoms with E-state index >= 15 is 0 Å². The van der Waals surface area contributed by atoms with Crippen molar-refractivity contribution in [3.63, 3.8) is 0 Å². The zero-order valence-corrected chi connectivity index (χ0v) is 10.9. The molecule has 2 nitrogen and oxygen atoms in total. The van der Waals surface area contributed by atoms with E-state index in [-0.39, 0.29) is 12.4 Å². The highest BCUT2D eigenvalue weighted by Crippen LogP contribution is 2.14. The number of nitrogens with one attached hydrogen (secondary N) is 1. The monoisotopic (exact) mass is 240 g/mol. The molecule has 16 heavy (non-hydrogen) atoms. The molecule has 1 aliphatic heterocycles. The second kappa shape index (κ2) is 6.24. The van der Waals surface area contributed by atoms with Gasteiger partial charge in [0.15, 0.2) is 0 Å². The van der Waals surface area contributed by atoms with E-state index in [1.165, 1.54) is 11.1 Å². The Balaban J connectivity index is 0.00000128. The van der Waals surface area contributed by atoms with E-state index < -0.39 is 0 Å². The molecule has 1 fully saturated rings. The van der Waals surface area contributed by atoms with Crippen molar-refractivity contribution < 1.29 is 0 Å². The number of likely N-dealkylation sites (N-methyl/N-ethyl adjacent to an activating group) is 1. The van der Waals surface area contributed by atoms with Crippen LogP contribution in [0.1, 0.15) is 18.1 Å². The fourth-order valence-electron chi connectivity index (χ4n) is 2.04. The molecule has 0 bridgehead atoms. The molecule has 2 rings (SSSR count). The highest BCUT2D eigenvalue weighted by molar-refractivity contribution is 5.85. The van der Waals surface area contributed by atoms with Crippen molar-refractivity contribution in [3.8, 4) is 0 Å². The Morgan fingerprint density at radius 1 is 1.25 bits per heavy atom. The summed E-state index contributed by atoms with van der Waals surface area (Å²) in [4.78, 5) is 2.45. The summed E-state index contributed by atoms with van der Waals surface area (Å²) in [6, 6.07) is 9.49.